The van der Waals surface area contributed by atoms with Crippen LogP contribution in [0.3, 0.4) is 0 Å². The summed E-state index contributed by atoms with van der Waals surface area (Å²) in [4.78, 5) is 34.1. The molecule has 2 aromatic heterocycles. The second-order valence-electron chi connectivity index (χ2n) is 6.52. The Morgan fingerprint density at radius 2 is 2.04 bits per heavy atom. The average molecular weight is 368 g/mol. The van der Waals surface area contributed by atoms with Gasteiger partial charge in [-0.2, -0.15) is 0 Å². The van der Waals surface area contributed by atoms with Crippen molar-refractivity contribution in [2.45, 2.75) is 19.4 Å². The number of amides is 1. The molecule has 1 amide bonds. The predicted molar refractivity (Wildman–Crippen MR) is 103 cm³/mol. The number of benzene rings is 1. The van der Waals surface area contributed by atoms with Gasteiger partial charge in [-0.1, -0.05) is 18.2 Å². The molecule has 3 heterocycles. The topological polar surface area (TPSA) is 57.9 Å². The minimum atomic E-state index is -0.319. The number of carbonyl (C=O) groups is 1. The Morgan fingerprint density at radius 3 is 2.85 bits per heavy atom. The van der Waals surface area contributed by atoms with Crippen molar-refractivity contribution in [1.82, 2.24) is 14.3 Å². The van der Waals surface area contributed by atoms with Gasteiger partial charge in [-0.15, -0.1) is 11.3 Å². The minimum absolute atomic E-state index is 0.0991. The zero-order valence-electron chi connectivity index (χ0n) is 14.6. The molecular weight excluding hydrogens is 348 g/mol. The van der Waals surface area contributed by atoms with Crippen molar-refractivity contribution in [2.24, 2.45) is 0 Å². The van der Waals surface area contributed by atoms with E-state index in [1.807, 2.05) is 18.2 Å². The number of carbonyl (C=O) groups excluding carboxylic acids is 1. The molecule has 1 saturated heterocycles. The lowest BCUT2D eigenvalue weighted by molar-refractivity contribution is 0.0783. The summed E-state index contributed by atoms with van der Waals surface area (Å²) in [5.74, 6) is -0.306. The molecule has 7 heteroatoms. The van der Waals surface area contributed by atoms with Crippen LogP contribution in [-0.2, 0) is 6.54 Å². The van der Waals surface area contributed by atoms with Gasteiger partial charge >= 0.3 is 0 Å². The van der Waals surface area contributed by atoms with Crippen molar-refractivity contribution in [2.75, 3.05) is 25.0 Å². The normalized spacial score (nSPS) is 14.1. The Morgan fingerprint density at radius 1 is 1.27 bits per heavy atom. The number of para-hydroxylation sites is 1. The van der Waals surface area contributed by atoms with Gasteiger partial charge in [-0.05, 0) is 24.5 Å². The van der Waals surface area contributed by atoms with Crippen LogP contribution in [0.25, 0.3) is 4.96 Å². The Balaban J connectivity index is 1.60. The van der Waals surface area contributed by atoms with E-state index in [0.717, 1.165) is 18.7 Å². The highest BCUT2D eigenvalue weighted by atomic mass is 32.1. The van der Waals surface area contributed by atoms with E-state index in [-0.39, 0.29) is 17.0 Å². The molecule has 1 aromatic carbocycles. The fourth-order valence-corrected chi connectivity index (χ4v) is 4.09. The number of rotatable bonds is 4. The second-order valence-corrected chi connectivity index (χ2v) is 7.39. The van der Waals surface area contributed by atoms with Crippen molar-refractivity contribution in [3.8, 4) is 0 Å². The molecule has 0 saturated carbocycles. The van der Waals surface area contributed by atoms with Crippen LogP contribution in [0.5, 0.6) is 0 Å². The summed E-state index contributed by atoms with van der Waals surface area (Å²) < 4.78 is 1.42. The Bertz CT molecular complexity index is 1000. The molecule has 1 fully saturated rings. The lowest BCUT2D eigenvalue weighted by atomic mass is 10.1. The number of anilines is 1. The van der Waals surface area contributed by atoms with E-state index >= 15 is 0 Å². The molecule has 3 aromatic rings. The number of hydrogen-bond acceptors (Lipinski definition) is 5. The van der Waals surface area contributed by atoms with Crippen molar-refractivity contribution >= 4 is 27.9 Å². The molecular formula is C19H20N4O2S. The van der Waals surface area contributed by atoms with E-state index in [9.17, 15) is 9.59 Å². The van der Waals surface area contributed by atoms with Gasteiger partial charge in [0.1, 0.15) is 5.56 Å². The summed E-state index contributed by atoms with van der Waals surface area (Å²) in [7, 11) is 1.73. The third-order valence-corrected chi connectivity index (χ3v) is 5.54. The maximum atomic E-state index is 12.8. The lowest BCUT2D eigenvalue weighted by Crippen LogP contribution is -2.33. The Labute approximate surface area is 155 Å². The van der Waals surface area contributed by atoms with Gasteiger partial charge in [0.2, 0.25) is 0 Å². The number of nitrogens with zero attached hydrogens (tertiary/aromatic N) is 4. The maximum Gasteiger partial charge on any atom is 0.271 e. The van der Waals surface area contributed by atoms with E-state index in [0.29, 0.717) is 11.5 Å². The van der Waals surface area contributed by atoms with Crippen molar-refractivity contribution in [1.29, 1.82) is 0 Å². The molecule has 134 valence electrons. The first kappa shape index (κ1) is 16.8. The highest BCUT2D eigenvalue weighted by Gasteiger charge is 2.21. The SMILES string of the molecule is CN(Cc1ccccc1N1CCCC1)C(=O)c1cnc2sccn2c1=O. The fraction of sp³-hybridized carbons (Fsp3) is 0.316. The van der Waals surface area contributed by atoms with E-state index in [1.54, 1.807) is 23.5 Å². The molecule has 26 heavy (non-hydrogen) atoms. The van der Waals surface area contributed by atoms with Gasteiger partial charge < -0.3 is 9.80 Å². The summed E-state index contributed by atoms with van der Waals surface area (Å²) >= 11 is 1.37. The zero-order valence-corrected chi connectivity index (χ0v) is 15.4. The third-order valence-electron chi connectivity index (χ3n) is 4.77. The van der Waals surface area contributed by atoms with Crippen molar-refractivity contribution in [3.63, 3.8) is 0 Å². The van der Waals surface area contributed by atoms with Crippen LogP contribution in [0.15, 0.2) is 46.8 Å². The molecule has 1 aliphatic heterocycles. The van der Waals surface area contributed by atoms with Crippen molar-refractivity contribution < 1.29 is 4.79 Å². The molecule has 1 aliphatic rings. The molecule has 0 spiro atoms. The maximum absolute atomic E-state index is 12.8. The van der Waals surface area contributed by atoms with Crippen LogP contribution < -0.4 is 10.5 Å². The van der Waals surface area contributed by atoms with Crippen LogP contribution in [-0.4, -0.2) is 40.3 Å². The van der Waals surface area contributed by atoms with Gasteiger partial charge in [-0.25, -0.2) is 4.98 Å². The number of hydrogen-bond donors (Lipinski definition) is 0. The monoisotopic (exact) mass is 368 g/mol. The molecule has 6 nitrogen and oxygen atoms in total. The number of fused-ring (bicyclic) bond motifs is 1. The highest BCUT2D eigenvalue weighted by Crippen LogP contribution is 2.25. The Hall–Kier alpha value is -2.67. The van der Waals surface area contributed by atoms with E-state index in [2.05, 4.69) is 16.0 Å². The zero-order chi connectivity index (χ0) is 18.1. The molecule has 0 N–H and O–H groups in total. The van der Waals surface area contributed by atoms with Gasteiger partial charge in [-0.3, -0.25) is 14.0 Å². The summed E-state index contributed by atoms with van der Waals surface area (Å²) in [6.07, 6.45) is 5.44. The summed E-state index contributed by atoms with van der Waals surface area (Å²) in [6.45, 7) is 2.56. The fourth-order valence-electron chi connectivity index (χ4n) is 3.42. The van der Waals surface area contributed by atoms with E-state index in [4.69, 9.17) is 0 Å². The van der Waals surface area contributed by atoms with Crippen LogP contribution >= 0.6 is 11.3 Å². The lowest BCUT2D eigenvalue weighted by Gasteiger charge is -2.24. The molecule has 0 bridgehead atoms. The molecule has 0 aliphatic carbocycles. The summed E-state index contributed by atoms with van der Waals surface area (Å²) in [5.41, 5.74) is 2.05. The molecule has 0 radical (unpaired) electrons. The predicted octanol–water partition coefficient (Wildman–Crippen LogP) is 2.63. The van der Waals surface area contributed by atoms with Crippen LogP contribution in [0, 0.1) is 0 Å². The van der Waals surface area contributed by atoms with Gasteiger partial charge in [0, 0.05) is 50.1 Å². The molecule has 0 unspecified atom stereocenters. The number of aromatic nitrogens is 2. The van der Waals surface area contributed by atoms with E-state index < -0.39 is 0 Å². The first-order chi connectivity index (χ1) is 12.6. The molecule has 4 rings (SSSR count). The minimum Gasteiger partial charge on any atom is -0.371 e. The van der Waals surface area contributed by atoms with Crippen LogP contribution in [0.1, 0.15) is 28.8 Å². The smallest absolute Gasteiger partial charge is 0.271 e. The quantitative estimate of drug-likeness (QED) is 0.710. The summed E-state index contributed by atoms with van der Waals surface area (Å²) in [6, 6.07) is 8.16. The largest absolute Gasteiger partial charge is 0.371 e. The molecule has 0 atom stereocenters. The van der Waals surface area contributed by atoms with Gasteiger partial charge in [0.15, 0.2) is 4.96 Å². The van der Waals surface area contributed by atoms with Crippen LogP contribution in [0.2, 0.25) is 0 Å². The highest BCUT2D eigenvalue weighted by molar-refractivity contribution is 7.15. The van der Waals surface area contributed by atoms with Gasteiger partial charge in [0.05, 0.1) is 0 Å². The third kappa shape index (κ3) is 2.99. The Kier molecular flexibility index (Phi) is 4.46. The summed E-state index contributed by atoms with van der Waals surface area (Å²) in [5, 5.41) is 1.79. The first-order valence-electron chi connectivity index (χ1n) is 8.68. The number of thiazole rings is 1. The standard InChI is InChI=1S/C19H20N4O2S/c1-21(13-14-6-2-3-7-16(14)22-8-4-5-9-22)17(24)15-12-20-19-23(18(15)25)10-11-26-19/h2-3,6-7,10-12H,4-5,8-9,13H2,1H3. The second kappa shape index (κ2) is 6.92. The average Bonchev–Trinajstić information content (AvgIpc) is 3.34. The van der Waals surface area contributed by atoms with E-state index in [1.165, 1.54) is 40.5 Å². The van der Waals surface area contributed by atoms with Crippen molar-refractivity contribution in [3.05, 3.63) is 63.5 Å². The first-order valence-corrected chi connectivity index (χ1v) is 9.56. The van der Waals surface area contributed by atoms with Crippen LogP contribution in [0.4, 0.5) is 5.69 Å². The van der Waals surface area contributed by atoms with Gasteiger partial charge in [0.25, 0.3) is 11.5 Å².